The summed E-state index contributed by atoms with van der Waals surface area (Å²) in [5, 5.41) is 0. The summed E-state index contributed by atoms with van der Waals surface area (Å²) in [6, 6.07) is 10.9. The number of fused-ring (bicyclic) bond motifs is 1. The first-order chi connectivity index (χ1) is 9.70. The maximum absolute atomic E-state index is 3.82. The fourth-order valence-corrected chi connectivity index (χ4v) is 6.08. The molecule has 106 valence electrons. The van der Waals surface area contributed by atoms with Crippen molar-refractivity contribution in [3.8, 4) is 0 Å². The number of rotatable bonds is 2. The van der Waals surface area contributed by atoms with Gasteiger partial charge in [0.2, 0.25) is 0 Å². The third-order valence-corrected chi connectivity index (χ3v) is 7.75. The van der Waals surface area contributed by atoms with Crippen LogP contribution in [0.1, 0.15) is 21.9 Å². The van der Waals surface area contributed by atoms with Crippen LogP contribution in [0.5, 0.6) is 0 Å². The molecular formula is C16H18BrNS2. The lowest BCUT2D eigenvalue weighted by Crippen LogP contribution is -2.24. The van der Waals surface area contributed by atoms with E-state index in [1.54, 1.807) is 4.88 Å². The van der Waals surface area contributed by atoms with Crippen molar-refractivity contribution < 1.29 is 0 Å². The molecule has 1 aliphatic heterocycles. The second-order valence-corrected chi connectivity index (χ2v) is 8.15. The molecule has 1 aromatic heterocycles. The van der Waals surface area contributed by atoms with Gasteiger partial charge in [0.1, 0.15) is 0 Å². The Kier molecular flexibility index (Phi) is 4.55. The lowest BCUT2D eigenvalue weighted by Gasteiger charge is -2.20. The van der Waals surface area contributed by atoms with Crippen LogP contribution in [0, 0.1) is 0 Å². The van der Waals surface area contributed by atoms with E-state index in [1.165, 1.54) is 19.8 Å². The van der Waals surface area contributed by atoms with Gasteiger partial charge in [-0.1, -0.05) is 30.3 Å². The molecule has 1 aliphatic rings. The minimum absolute atomic E-state index is 0.501. The molecular weight excluding hydrogens is 350 g/mol. The first-order valence-corrected chi connectivity index (χ1v) is 9.62. The highest BCUT2D eigenvalue weighted by atomic mass is 79.9. The second kappa shape index (κ2) is 6.22. The van der Waals surface area contributed by atoms with Gasteiger partial charge in [-0.15, -0.1) is 23.1 Å². The van der Waals surface area contributed by atoms with Crippen molar-refractivity contribution in [1.82, 2.24) is 4.90 Å². The SMILES string of the molecule is CSc1sc2c(c1Br)CCN(C)CC2c1ccccc1. The maximum atomic E-state index is 3.82. The average molecular weight is 368 g/mol. The van der Waals surface area contributed by atoms with E-state index in [9.17, 15) is 0 Å². The third-order valence-electron chi connectivity index (χ3n) is 3.89. The molecule has 20 heavy (non-hydrogen) atoms. The largest absolute Gasteiger partial charge is 0.305 e. The number of likely N-dealkylation sites (N-methyl/N-ethyl adjacent to an activating group) is 1. The van der Waals surface area contributed by atoms with Crippen molar-refractivity contribution >= 4 is 39.0 Å². The molecule has 0 saturated heterocycles. The highest BCUT2D eigenvalue weighted by Gasteiger charge is 2.27. The van der Waals surface area contributed by atoms with Crippen molar-refractivity contribution in [2.75, 3.05) is 26.4 Å². The van der Waals surface area contributed by atoms with Crippen LogP contribution in [0.3, 0.4) is 0 Å². The van der Waals surface area contributed by atoms with Gasteiger partial charge in [0, 0.05) is 28.4 Å². The molecule has 1 aromatic carbocycles. The van der Waals surface area contributed by atoms with Crippen molar-refractivity contribution in [2.24, 2.45) is 0 Å². The van der Waals surface area contributed by atoms with Crippen LogP contribution in [0.15, 0.2) is 39.0 Å². The lowest BCUT2D eigenvalue weighted by atomic mass is 9.95. The molecule has 0 amide bonds. The highest BCUT2D eigenvalue weighted by Crippen LogP contribution is 2.45. The molecule has 0 radical (unpaired) electrons. The Hall–Kier alpha value is -0.290. The van der Waals surface area contributed by atoms with Crippen LogP contribution in [0.4, 0.5) is 0 Å². The Balaban J connectivity index is 2.10. The molecule has 0 fully saturated rings. The predicted octanol–water partition coefficient (Wildman–Crippen LogP) is 4.85. The summed E-state index contributed by atoms with van der Waals surface area (Å²) in [5.41, 5.74) is 2.96. The Labute approximate surface area is 137 Å². The normalized spacial score (nSPS) is 19.6. The van der Waals surface area contributed by atoms with Gasteiger partial charge in [-0.2, -0.15) is 0 Å². The number of thiophene rings is 1. The topological polar surface area (TPSA) is 3.24 Å². The van der Waals surface area contributed by atoms with Gasteiger partial charge in [-0.3, -0.25) is 0 Å². The van der Waals surface area contributed by atoms with Gasteiger partial charge in [0.25, 0.3) is 0 Å². The Morgan fingerprint density at radius 1 is 1.30 bits per heavy atom. The van der Waals surface area contributed by atoms with Crippen LogP contribution in [0.25, 0.3) is 0 Å². The number of hydrogen-bond donors (Lipinski definition) is 0. The van der Waals surface area contributed by atoms with E-state index in [1.807, 2.05) is 23.1 Å². The molecule has 4 heteroatoms. The minimum Gasteiger partial charge on any atom is -0.305 e. The summed E-state index contributed by atoms with van der Waals surface area (Å²) in [6.45, 7) is 2.25. The molecule has 3 rings (SSSR count). The fraction of sp³-hybridized carbons (Fsp3) is 0.375. The lowest BCUT2D eigenvalue weighted by molar-refractivity contribution is 0.338. The minimum atomic E-state index is 0.501. The molecule has 1 unspecified atom stereocenters. The molecule has 1 nitrogen and oxygen atoms in total. The van der Waals surface area contributed by atoms with E-state index in [4.69, 9.17) is 0 Å². The molecule has 2 heterocycles. The molecule has 0 aliphatic carbocycles. The molecule has 0 bridgehead atoms. The van der Waals surface area contributed by atoms with Gasteiger partial charge >= 0.3 is 0 Å². The Morgan fingerprint density at radius 3 is 2.75 bits per heavy atom. The van der Waals surface area contributed by atoms with E-state index in [0.717, 1.165) is 19.5 Å². The van der Waals surface area contributed by atoms with E-state index < -0.39 is 0 Å². The van der Waals surface area contributed by atoms with E-state index in [2.05, 4.69) is 64.5 Å². The number of nitrogens with zero attached hydrogens (tertiary/aromatic N) is 1. The van der Waals surface area contributed by atoms with E-state index in [0.29, 0.717) is 5.92 Å². The predicted molar refractivity (Wildman–Crippen MR) is 93.3 cm³/mol. The first-order valence-electron chi connectivity index (χ1n) is 6.79. The van der Waals surface area contributed by atoms with E-state index >= 15 is 0 Å². The molecule has 2 aromatic rings. The second-order valence-electron chi connectivity index (χ2n) is 5.23. The van der Waals surface area contributed by atoms with Crippen LogP contribution < -0.4 is 0 Å². The monoisotopic (exact) mass is 367 g/mol. The van der Waals surface area contributed by atoms with Crippen molar-refractivity contribution in [1.29, 1.82) is 0 Å². The number of benzene rings is 1. The number of hydrogen-bond acceptors (Lipinski definition) is 3. The summed E-state index contributed by atoms with van der Waals surface area (Å²) in [7, 11) is 2.23. The highest BCUT2D eigenvalue weighted by molar-refractivity contribution is 9.10. The van der Waals surface area contributed by atoms with Gasteiger partial charge < -0.3 is 4.90 Å². The van der Waals surface area contributed by atoms with E-state index in [-0.39, 0.29) is 0 Å². The third kappa shape index (κ3) is 2.71. The van der Waals surface area contributed by atoms with Gasteiger partial charge in [-0.05, 0) is 46.8 Å². The standard InChI is InChI=1S/C16H18BrNS2/c1-18-9-8-12-14(17)16(19-2)20-15(12)13(10-18)11-6-4-3-5-7-11/h3-7,13H,8-10H2,1-2H3. The van der Waals surface area contributed by atoms with Crippen LogP contribution in [-0.2, 0) is 6.42 Å². The zero-order valence-electron chi connectivity index (χ0n) is 11.7. The van der Waals surface area contributed by atoms with Crippen molar-refractivity contribution in [2.45, 2.75) is 16.5 Å². The van der Waals surface area contributed by atoms with Crippen LogP contribution in [-0.4, -0.2) is 31.3 Å². The average Bonchev–Trinajstić information content (AvgIpc) is 2.69. The summed E-state index contributed by atoms with van der Waals surface area (Å²) in [4.78, 5) is 4.01. The van der Waals surface area contributed by atoms with Gasteiger partial charge in [0.05, 0.1) is 4.21 Å². The smallest absolute Gasteiger partial charge is 0.0744 e. The molecule has 0 saturated carbocycles. The summed E-state index contributed by atoms with van der Waals surface area (Å²) < 4.78 is 2.75. The zero-order chi connectivity index (χ0) is 14.1. The number of thioether (sulfide) groups is 1. The molecule has 0 spiro atoms. The van der Waals surface area contributed by atoms with Crippen LogP contribution >= 0.6 is 39.0 Å². The maximum Gasteiger partial charge on any atom is 0.0744 e. The quantitative estimate of drug-likeness (QED) is 0.697. The van der Waals surface area contributed by atoms with Crippen molar-refractivity contribution in [3.63, 3.8) is 0 Å². The summed E-state index contributed by atoms with van der Waals surface area (Å²) in [6.07, 6.45) is 3.31. The molecule has 0 N–H and O–H groups in total. The summed E-state index contributed by atoms with van der Waals surface area (Å²) >= 11 is 7.64. The zero-order valence-corrected chi connectivity index (χ0v) is 14.9. The summed E-state index contributed by atoms with van der Waals surface area (Å²) in [5.74, 6) is 0.501. The number of halogens is 1. The van der Waals surface area contributed by atoms with Gasteiger partial charge in [0.15, 0.2) is 0 Å². The van der Waals surface area contributed by atoms with Gasteiger partial charge in [-0.25, -0.2) is 0 Å². The fourth-order valence-electron chi connectivity index (χ4n) is 2.81. The Morgan fingerprint density at radius 2 is 2.05 bits per heavy atom. The van der Waals surface area contributed by atoms with Crippen LogP contribution in [0.2, 0.25) is 0 Å². The first kappa shape index (κ1) is 14.6. The molecule has 1 atom stereocenters. The van der Waals surface area contributed by atoms with Crippen molar-refractivity contribution in [3.05, 3.63) is 50.8 Å². The Bertz CT molecular complexity index is 594.